The van der Waals surface area contributed by atoms with Gasteiger partial charge < -0.3 is 9.47 Å². The van der Waals surface area contributed by atoms with Gasteiger partial charge in [-0.05, 0) is 19.4 Å². The highest BCUT2D eigenvalue weighted by molar-refractivity contribution is 5.93. The minimum absolute atomic E-state index is 0.301. The minimum atomic E-state index is -0.833. The number of rotatable bonds is 0. The lowest BCUT2D eigenvalue weighted by Crippen LogP contribution is -2.54. The lowest BCUT2D eigenvalue weighted by atomic mass is 9.82. The smallest absolute Gasteiger partial charge is 0.338 e. The van der Waals surface area contributed by atoms with Crippen LogP contribution in [-0.2, 0) is 24.8 Å². The molecule has 1 aromatic rings. The van der Waals surface area contributed by atoms with E-state index in [2.05, 4.69) is 0 Å². The molecule has 5 nitrogen and oxygen atoms in total. The van der Waals surface area contributed by atoms with E-state index in [1.54, 1.807) is 6.07 Å². The second-order valence-electron chi connectivity index (χ2n) is 5.46. The highest BCUT2D eigenvalue weighted by atomic mass is 17.3. The van der Waals surface area contributed by atoms with Gasteiger partial charge in [0.25, 0.3) is 0 Å². The van der Waals surface area contributed by atoms with Crippen LogP contribution in [0.25, 0.3) is 0 Å². The fourth-order valence-electron chi connectivity index (χ4n) is 3.03. The van der Waals surface area contributed by atoms with Crippen molar-refractivity contribution in [2.75, 3.05) is 6.61 Å². The molecule has 0 aliphatic carbocycles. The predicted octanol–water partition coefficient (Wildman–Crippen LogP) is 1.91. The summed E-state index contributed by atoms with van der Waals surface area (Å²) in [4.78, 5) is 23.1. The van der Waals surface area contributed by atoms with Gasteiger partial charge >= 0.3 is 5.97 Å². The Labute approximate surface area is 110 Å². The van der Waals surface area contributed by atoms with Crippen molar-refractivity contribution in [3.05, 3.63) is 35.4 Å². The van der Waals surface area contributed by atoms with Crippen LogP contribution in [0.15, 0.2) is 24.3 Å². The van der Waals surface area contributed by atoms with Gasteiger partial charge in [0.2, 0.25) is 0 Å². The van der Waals surface area contributed by atoms with Gasteiger partial charge in [-0.2, -0.15) is 0 Å². The summed E-state index contributed by atoms with van der Waals surface area (Å²) in [6.45, 7) is 2.17. The van der Waals surface area contributed by atoms with E-state index in [4.69, 9.17) is 19.2 Å². The Bertz CT molecular complexity index is 545. The highest BCUT2D eigenvalue weighted by Gasteiger charge is 2.59. The van der Waals surface area contributed by atoms with Crippen molar-refractivity contribution in [1.29, 1.82) is 0 Å². The number of esters is 1. The van der Waals surface area contributed by atoms with Gasteiger partial charge in [-0.3, -0.25) is 0 Å². The number of hydrogen-bond donors (Lipinski definition) is 0. The monoisotopic (exact) mass is 262 g/mol. The van der Waals surface area contributed by atoms with Gasteiger partial charge in [-0.25, -0.2) is 14.6 Å². The Morgan fingerprint density at radius 3 is 2.89 bits per heavy atom. The first-order valence-electron chi connectivity index (χ1n) is 6.44. The van der Waals surface area contributed by atoms with Crippen LogP contribution >= 0.6 is 0 Å². The highest BCUT2D eigenvalue weighted by Crippen LogP contribution is 2.48. The Morgan fingerprint density at radius 1 is 1.26 bits per heavy atom. The Kier molecular flexibility index (Phi) is 2.14. The number of hydrogen-bond acceptors (Lipinski definition) is 5. The average molecular weight is 262 g/mol. The summed E-state index contributed by atoms with van der Waals surface area (Å²) in [5.74, 6) is -1.05. The molecule has 0 aromatic heterocycles. The first-order chi connectivity index (χ1) is 9.13. The molecule has 4 aliphatic heterocycles. The number of ether oxygens (including phenoxy) is 2. The van der Waals surface area contributed by atoms with Crippen molar-refractivity contribution in [1.82, 2.24) is 0 Å². The van der Waals surface area contributed by atoms with Crippen LogP contribution in [0.1, 0.15) is 35.7 Å². The van der Waals surface area contributed by atoms with Crippen LogP contribution in [0.4, 0.5) is 0 Å². The zero-order chi connectivity index (χ0) is 13.1. The van der Waals surface area contributed by atoms with E-state index in [1.807, 2.05) is 25.1 Å². The first-order valence-corrected chi connectivity index (χ1v) is 6.44. The molecule has 3 atom stereocenters. The van der Waals surface area contributed by atoms with Gasteiger partial charge in [0, 0.05) is 12.0 Å². The van der Waals surface area contributed by atoms with Gasteiger partial charge in [-0.15, -0.1) is 0 Å². The first kappa shape index (κ1) is 11.4. The number of fused-ring (bicyclic) bond motifs is 4. The molecule has 0 N–H and O–H groups in total. The van der Waals surface area contributed by atoms with Crippen LogP contribution < -0.4 is 0 Å². The van der Waals surface area contributed by atoms with Crippen LogP contribution in [0, 0.1) is 0 Å². The summed E-state index contributed by atoms with van der Waals surface area (Å²) in [5, 5.41) is 0. The average Bonchev–Trinajstić information content (AvgIpc) is 2.67. The molecule has 4 heterocycles. The summed E-state index contributed by atoms with van der Waals surface area (Å²) in [7, 11) is 0. The minimum Gasteiger partial charge on any atom is -0.455 e. The van der Waals surface area contributed by atoms with Crippen molar-refractivity contribution in [3.8, 4) is 0 Å². The van der Waals surface area contributed by atoms with Crippen molar-refractivity contribution >= 4 is 5.97 Å². The summed E-state index contributed by atoms with van der Waals surface area (Å²) < 4.78 is 11.3. The number of benzene rings is 1. The third-order valence-corrected chi connectivity index (χ3v) is 4.19. The largest absolute Gasteiger partial charge is 0.455 e. The van der Waals surface area contributed by atoms with Crippen LogP contribution in [-0.4, -0.2) is 24.5 Å². The van der Waals surface area contributed by atoms with Gasteiger partial charge in [0.1, 0.15) is 6.10 Å². The van der Waals surface area contributed by atoms with E-state index in [9.17, 15) is 4.79 Å². The molecule has 2 bridgehead atoms. The number of carbonyl (C=O) groups excluding carboxylic acids is 1. The van der Waals surface area contributed by atoms with E-state index >= 15 is 0 Å². The van der Waals surface area contributed by atoms with Crippen LogP contribution in [0.2, 0.25) is 0 Å². The van der Waals surface area contributed by atoms with Crippen molar-refractivity contribution in [3.63, 3.8) is 0 Å². The maximum Gasteiger partial charge on any atom is 0.338 e. The lowest BCUT2D eigenvalue weighted by molar-refractivity contribution is -0.511. The topological polar surface area (TPSA) is 54.0 Å². The lowest BCUT2D eigenvalue weighted by Gasteiger charge is -2.44. The van der Waals surface area contributed by atoms with E-state index in [0.717, 1.165) is 5.56 Å². The molecule has 19 heavy (non-hydrogen) atoms. The van der Waals surface area contributed by atoms with Crippen molar-refractivity contribution in [2.24, 2.45) is 0 Å². The molecule has 0 radical (unpaired) electrons. The molecular weight excluding hydrogens is 248 g/mol. The maximum absolute atomic E-state index is 12.0. The SMILES string of the molecule is C[C@]12CC[C@H]3OC(=O)c4ccccc4[C@]3(CO1)OO2. The van der Waals surface area contributed by atoms with Gasteiger partial charge in [-0.1, -0.05) is 18.2 Å². The molecule has 4 aliphatic rings. The second kappa shape index (κ2) is 3.56. The molecule has 3 saturated heterocycles. The Hall–Kier alpha value is -1.43. The summed E-state index contributed by atoms with van der Waals surface area (Å²) >= 11 is 0. The third-order valence-electron chi connectivity index (χ3n) is 4.19. The molecule has 0 unspecified atom stereocenters. The fourth-order valence-corrected chi connectivity index (χ4v) is 3.03. The zero-order valence-electron chi connectivity index (χ0n) is 10.5. The van der Waals surface area contributed by atoms with E-state index in [-0.39, 0.29) is 12.1 Å². The third kappa shape index (κ3) is 1.43. The van der Waals surface area contributed by atoms with Crippen molar-refractivity contribution < 1.29 is 24.0 Å². The van der Waals surface area contributed by atoms with Gasteiger partial charge in [0.15, 0.2) is 11.4 Å². The summed E-state index contributed by atoms with van der Waals surface area (Å²) in [6.07, 6.45) is 0.935. The Balaban J connectivity index is 1.89. The summed E-state index contributed by atoms with van der Waals surface area (Å²) in [6, 6.07) is 7.31. The van der Waals surface area contributed by atoms with E-state index in [1.165, 1.54) is 0 Å². The molecule has 1 spiro atoms. The molecular formula is C14H14O5. The van der Waals surface area contributed by atoms with Crippen molar-refractivity contribution in [2.45, 2.75) is 37.3 Å². The summed E-state index contributed by atoms with van der Waals surface area (Å²) in [5.41, 5.74) is 0.484. The maximum atomic E-state index is 12.0. The molecule has 0 amide bonds. The molecule has 100 valence electrons. The molecule has 1 aromatic carbocycles. The Morgan fingerprint density at radius 2 is 2.11 bits per heavy atom. The van der Waals surface area contributed by atoms with Crippen LogP contribution in [0.5, 0.6) is 0 Å². The molecule has 5 rings (SSSR count). The standard InChI is InChI=1S/C14H14O5/c1-13-7-6-11-14(8-16-13,19-18-13)10-5-3-2-4-9(10)12(15)17-11/h2-5,11H,6-8H2,1H3/t11-,13+,14+/m1/s1. The van der Waals surface area contributed by atoms with Crippen LogP contribution in [0.3, 0.4) is 0 Å². The quantitative estimate of drug-likeness (QED) is 0.528. The predicted molar refractivity (Wildman–Crippen MR) is 63.1 cm³/mol. The zero-order valence-corrected chi connectivity index (χ0v) is 10.5. The van der Waals surface area contributed by atoms with E-state index in [0.29, 0.717) is 25.0 Å². The second-order valence-corrected chi connectivity index (χ2v) is 5.46. The van der Waals surface area contributed by atoms with Gasteiger partial charge in [0.05, 0.1) is 12.2 Å². The molecule has 3 fully saturated rings. The normalized spacial score (nSPS) is 40.1. The fraction of sp³-hybridized carbons (Fsp3) is 0.500. The van der Waals surface area contributed by atoms with E-state index < -0.39 is 11.4 Å². The number of carbonyl (C=O) groups is 1. The molecule has 5 heteroatoms. The molecule has 0 saturated carbocycles.